The standard InChI is InChI=1S/C17H23N5O6/c1-3-25-10(24)4-5-17(2)27-12-9(6-23)26-16(13(12)28-17)22-8-21-11-14(18)19-7-20-15(11)22/h7-9,12-13,16,23H,3-6H2,1-2H3,(H2,18,19,20)/t9-,12-,13-,16-,17-/m1/s1. The average Bonchev–Trinajstić information content (AvgIpc) is 3.32. The lowest BCUT2D eigenvalue weighted by atomic mass is 10.1. The summed E-state index contributed by atoms with van der Waals surface area (Å²) in [5.41, 5.74) is 6.81. The lowest BCUT2D eigenvalue weighted by Crippen LogP contribution is -2.34. The monoisotopic (exact) mass is 393 g/mol. The number of carbonyl (C=O) groups excluding carboxylic acids is 1. The second-order valence-corrected chi connectivity index (χ2v) is 6.93. The Morgan fingerprint density at radius 1 is 1.36 bits per heavy atom. The minimum Gasteiger partial charge on any atom is -0.466 e. The van der Waals surface area contributed by atoms with E-state index < -0.39 is 30.3 Å². The number of fused-ring (bicyclic) bond motifs is 2. The summed E-state index contributed by atoms with van der Waals surface area (Å²) in [6, 6.07) is 0. The summed E-state index contributed by atoms with van der Waals surface area (Å²) in [4.78, 5) is 24.1. The first kappa shape index (κ1) is 19.0. The fourth-order valence-electron chi connectivity index (χ4n) is 3.69. The van der Waals surface area contributed by atoms with Crippen molar-refractivity contribution < 1.29 is 28.8 Å². The normalized spacial score (nSPS) is 32.0. The van der Waals surface area contributed by atoms with Crippen molar-refractivity contribution in [2.75, 3.05) is 18.9 Å². The maximum Gasteiger partial charge on any atom is 0.305 e. The molecule has 2 fully saturated rings. The number of ether oxygens (including phenoxy) is 4. The van der Waals surface area contributed by atoms with Gasteiger partial charge in [0.05, 0.1) is 26.0 Å². The van der Waals surface area contributed by atoms with Crippen molar-refractivity contribution in [1.29, 1.82) is 0 Å². The van der Waals surface area contributed by atoms with E-state index in [0.717, 1.165) is 0 Å². The maximum absolute atomic E-state index is 11.7. The predicted octanol–water partition coefficient (Wildman–Crippen LogP) is 0.142. The highest BCUT2D eigenvalue weighted by Gasteiger charge is 2.57. The third kappa shape index (κ3) is 3.20. The van der Waals surface area contributed by atoms with E-state index in [2.05, 4.69) is 15.0 Å². The van der Waals surface area contributed by atoms with Gasteiger partial charge in [0.25, 0.3) is 0 Å². The van der Waals surface area contributed by atoms with E-state index in [4.69, 9.17) is 24.7 Å². The quantitative estimate of drug-likeness (QED) is 0.650. The number of nitrogens with zero attached hydrogens (tertiary/aromatic N) is 4. The van der Waals surface area contributed by atoms with Gasteiger partial charge in [-0.15, -0.1) is 0 Å². The maximum atomic E-state index is 11.7. The lowest BCUT2D eigenvalue weighted by molar-refractivity contribution is -0.214. The Balaban J connectivity index is 1.57. The molecule has 4 heterocycles. The Bertz CT molecular complexity index is 875. The van der Waals surface area contributed by atoms with E-state index in [1.165, 1.54) is 6.33 Å². The zero-order valence-electron chi connectivity index (χ0n) is 15.6. The number of esters is 1. The topological polar surface area (TPSA) is 144 Å². The number of aliphatic hydroxyl groups is 1. The van der Waals surface area contributed by atoms with Gasteiger partial charge in [-0.1, -0.05) is 0 Å². The van der Waals surface area contributed by atoms with Gasteiger partial charge in [-0.3, -0.25) is 9.36 Å². The molecule has 2 aromatic heterocycles. The van der Waals surface area contributed by atoms with E-state index >= 15 is 0 Å². The first-order valence-electron chi connectivity index (χ1n) is 9.16. The zero-order chi connectivity index (χ0) is 19.9. The molecule has 0 unspecified atom stereocenters. The molecule has 11 heteroatoms. The van der Waals surface area contributed by atoms with Gasteiger partial charge in [-0.2, -0.15) is 0 Å². The second-order valence-electron chi connectivity index (χ2n) is 6.93. The lowest BCUT2D eigenvalue weighted by Gasteiger charge is -2.27. The molecule has 2 saturated heterocycles. The smallest absolute Gasteiger partial charge is 0.305 e. The molecule has 11 nitrogen and oxygen atoms in total. The largest absolute Gasteiger partial charge is 0.466 e. The van der Waals surface area contributed by atoms with Crippen LogP contribution in [0.3, 0.4) is 0 Å². The first-order valence-corrected chi connectivity index (χ1v) is 9.16. The number of aliphatic hydroxyl groups excluding tert-OH is 1. The Morgan fingerprint density at radius 3 is 2.89 bits per heavy atom. The van der Waals surface area contributed by atoms with Crippen LogP contribution in [-0.4, -0.2) is 67.9 Å². The van der Waals surface area contributed by atoms with Crippen molar-refractivity contribution in [2.24, 2.45) is 0 Å². The molecule has 0 bridgehead atoms. The number of carbonyl (C=O) groups is 1. The van der Waals surface area contributed by atoms with Gasteiger partial charge in [-0.25, -0.2) is 15.0 Å². The van der Waals surface area contributed by atoms with Crippen molar-refractivity contribution in [1.82, 2.24) is 19.5 Å². The molecular weight excluding hydrogens is 370 g/mol. The van der Waals surface area contributed by atoms with E-state index in [1.54, 1.807) is 24.7 Å². The second kappa shape index (κ2) is 7.24. The van der Waals surface area contributed by atoms with Gasteiger partial charge >= 0.3 is 5.97 Å². The van der Waals surface area contributed by atoms with Crippen LogP contribution in [0, 0.1) is 0 Å². The zero-order valence-corrected chi connectivity index (χ0v) is 15.6. The van der Waals surface area contributed by atoms with Gasteiger partial charge < -0.3 is 29.8 Å². The van der Waals surface area contributed by atoms with Gasteiger partial charge in [0.15, 0.2) is 23.5 Å². The van der Waals surface area contributed by atoms with Crippen molar-refractivity contribution in [3.05, 3.63) is 12.7 Å². The fraction of sp³-hybridized carbons (Fsp3) is 0.647. The summed E-state index contributed by atoms with van der Waals surface area (Å²) in [5, 5.41) is 9.74. The van der Waals surface area contributed by atoms with E-state index in [9.17, 15) is 9.90 Å². The van der Waals surface area contributed by atoms with Crippen LogP contribution in [-0.2, 0) is 23.7 Å². The van der Waals surface area contributed by atoms with Crippen molar-refractivity contribution in [3.8, 4) is 0 Å². The van der Waals surface area contributed by atoms with Gasteiger partial charge in [0.2, 0.25) is 0 Å². The van der Waals surface area contributed by atoms with Crippen molar-refractivity contribution in [2.45, 2.75) is 57.0 Å². The number of rotatable bonds is 6. The predicted molar refractivity (Wildman–Crippen MR) is 94.7 cm³/mol. The number of anilines is 1. The molecule has 0 aliphatic carbocycles. The summed E-state index contributed by atoms with van der Waals surface area (Å²) in [7, 11) is 0. The number of hydrogen-bond acceptors (Lipinski definition) is 10. The molecule has 2 aliphatic heterocycles. The molecule has 2 aromatic rings. The molecule has 3 N–H and O–H groups in total. The van der Waals surface area contributed by atoms with Crippen LogP contribution in [0.2, 0.25) is 0 Å². The molecule has 0 radical (unpaired) electrons. The molecule has 152 valence electrons. The summed E-state index contributed by atoms with van der Waals surface area (Å²) < 4.78 is 24.8. The molecule has 0 spiro atoms. The van der Waals surface area contributed by atoms with Crippen LogP contribution >= 0.6 is 0 Å². The third-order valence-electron chi connectivity index (χ3n) is 4.99. The summed E-state index contributed by atoms with van der Waals surface area (Å²) >= 11 is 0. The number of aromatic nitrogens is 4. The third-order valence-corrected chi connectivity index (χ3v) is 4.99. The van der Waals surface area contributed by atoms with Crippen LogP contribution < -0.4 is 5.73 Å². The Kier molecular flexibility index (Phi) is 4.91. The minimum absolute atomic E-state index is 0.164. The molecule has 5 atom stereocenters. The number of imidazole rings is 1. The SMILES string of the molecule is CCOC(=O)CC[C@@]1(C)O[C@@H]2[C@H](O1)[C@@H](CO)O[C@H]2n1cnc2c(N)ncnc21. The van der Waals surface area contributed by atoms with Crippen LogP contribution in [0.25, 0.3) is 11.2 Å². The number of nitrogens with two attached hydrogens (primary N) is 1. The molecule has 2 aliphatic rings. The number of nitrogen functional groups attached to an aromatic ring is 1. The van der Waals surface area contributed by atoms with Gasteiger partial charge in [0.1, 0.15) is 30.2 Å². The Hall–Kier alpha value is -2.34. The van der Waals surface area contributed by atoms with Crippen LogP contribution in [0.1, 0.15) is 32.9 Å². The highest BCUT2D eigenvalue weighted by atomic mass is 16.8. The molecular formula is C17H23N5O6. The first-order chi connectivity index (χ1) is 13.5. The summed E-state index contributed by atoms with van der Waals surface area (Å²) in [5.74, 6) is -1.05. The molecule has 0 amide bonds. The highest BCUT2D eigenvalue weighted by molar-refractivity contribution is 5.81. The Morgan fingerprint density at radius 2 is 2.14 bits per heavy atom. The van der Waals surface area contributed by atoms with E-state index in [0.29, 0.717) is 24.2 Å². The van der Waals surface area contributed by atoms with E-state index in [-0.39, 0.29) is 24.8 Å². The average molecular weight is 393 g/mol. The Labute approximate surface area is 160 Å². The summed E-state index contributed by atoms with van der Waals surface area (Å²) in [6.07, 6.45) is 1.16. The van der Waals surface area contributed by atoms with Crippen LogP contribution in [0.4, 0.5) is 5.82 Å². The van der Waals surface area contributed by atoms with Crippen molar-refractivity contribution >= 4 is 23.0 Å². The molecule has 0 aromatic carbocycles. The molecule has 28 heavy (non-hydrogen) atoms. The fourth-order valence-corrected chi connectivity index (χ4v) is 3.69. The number of hydrogen-bond donors (Lipinski definition) is 2. The minimum atomic E-state index is -0.998. The summed E-state index contributed by atoms with van der Waals surface area (Å²) in [6.45, 7) is 3.61. The van der Waals surface area contributed by atoms with Gasteiger partial charge in [-0.05, 0) is 13.8 Å². The van der Waals surface area contributed by atoms with Crippen LogP contribution in [0.15, 0.2) is 12.7 Å². The molecule has 4 rings (SSSR count). The van der Waals surface area contributed by atoms with Gasteiger partial charge in [0, 0.05) is 6.42 Å². The van der Waals surface area contributed by atoms with E-state index in [1.807, 2.05) is 0 Å². The highest BCUT2D eigenvalue weighted by Crippen LogP contribution is 2.45. The van der Waals surface area contributed by atoms with Crippen LogP contribution in [0.5, 0.6) is 0 Å². The van der Waals surface area contributed by atoms with Crippen molar-refractivity contribution in [3.63, 3.8) is 0 Å². The molecule has 0 saturated carbocycles.